The minimum absolute atomic E-state index is 0.00879. The minimum atomic E-state index is -3.81. The molecule has 0 saturated carbocycles. The molecule has 1 atom stereocenters. The van der Waals surface area contributed by atoms with Crippen LogP contribution in [0.5, 0.6) is 0 Å². The molecule has 0 bridgehead atoms. The first kappa shape index (κ1) is 14.7. The zero-order valence-corrected chi connectivity index (χ0v) is 11.5. The zero-order valence-electron chi connectivity index (χ0n) is 10.7. The number of rotatable bonds is 4. The lowest BCUT2D eigenvalue weighted by Gasteiger charge is -2.28. The van der Waals surface area contributed by atoms with Gasteiger partial charge in [-0.25, -0.2) is 13.6 Å². The average Bonchev–Trinajstić information content (AvgIpc) is 2.28. The van der Waals surface area contributed by atoms with Crippen LogP contribution in [0.1, 0.15) is 12.5 Å². The van der Waals surface area contributed by atoms with Crippen molar-refractivity contribution in [1.82, 2.24) is 0 Å². The monoisotopic (exact) mass is 273 g/mol. The van der Waals surface area contributed by atoms with Gasteiger partial charge in [0.1, 0.15) is 0 Å². The number of hydrogen-bond donors (Lipinski definition) is 3. The third-order valence-electron chi connectivity index (χ3n) is 2.97. The first-order valence-electron chi connectivity index (χ1n) is 5.45. The van der Waals surface area contributed by atoms with Gasteiger partial charge in [-0.15, -0.1) is 0 Å². The fourth-order valence-electron chi connectivity index (χ4n) is 1.72. The van der Waals surface area contributed by atoms with Gasteiger partial charge in [-0.3, -0.25) is 0 Å². The molecule has 1 aromatic carbocycles. The van der Waals surface area contributed by atoms with Crippen molar-refractivity contribution in [3.05, 3.63) is 17.7 Å². The molecule has 0 spiro atoms. The van der Waals surface area contributed by atoms with Crippen LogP contribution in [0.2, 0.25) is 0 Å². The number of anilines is 2. The molecule has 0 heterocycles. The van der Waals surface area contributed by atoms with Gasteiger partial charge in [0, 0.05) is 24.5 Å². The van der Waals surface area contributed by atoms with Crippen LogP contribution in [0.4, 0.5) is 11.4 Å². The number of benzene rings is 1. The molecular weight excluding hydrogens is 254 g/mol. The summed E-state index contributed by atoms with van der Waals surface area (Å²) in [6.07, 6.45) is 0. The van der Waals surface area contributed by atoms with Crippen LogP contribution in [0.15, 0.2) is 17.0 Å². The summed E-state index contributed by atoms with van der Waals surface area (Å²) in [5, 5.41) is 14.3. The highest BCUT2D eigenvalue weighted by Crippen LogP contribution is 2.29. The molecule has 0 saturated heterocycles. The van der Waals surface area contributed by atoms with Crippen LogP contribution in [0.25, 0.3) is 0 Å². The maximum atomic E-state index is 11.5. The number of nitrogens with zero attached hydrogens (tertiary/aromatic N) is 1. The van der Waals surface area contributed by atoms with Gasteiger partial charge in [0.05, 0.1) is 11.5 Å². The normalized spacial score (nSPS) is 13.4. The van der Waals surface area contributed by atoms with Crippen molar-refractivity contribution in [2.24, 2.45) is 5.14 Å². The SMILES string of the molecule is Cc1c(N(C)C(C)CO)cc(N)cc1S(N)(=O)=O. The smallest absolute Gasteiger partial charge is 0.238 e. The second-order valence-electron chi connectivity index (χ2n) is 4.35. The van der Waals surface area contributed by atoms with Crippen LogP contribution in [-0.4, -0.2) is 33.2 Å². The standard InChI is InChI=1S/C11H19N3O3S/c1-7(6-15)14(3)10-4-9(12)5-11(8(10)2)18(13,16)17/h4-5,7,15H,6,12H2,1-3H3,(H2,13,16,17). The van der Waals surface area contributed by atoms with Crippen molar-refractivity contribution >= 4 is 21.4 Å². The minimum Gasteiger partial charge on any atom is -0.399 e. The van der Waals surface area contributed by atoms with Gasteiger partial charge < -0.3 is 15.7 Å². The molecule has 5 N–H and O–H groups in total. The van der Waals surface area contributed by atoms with E-state index in [4.69, 9.17) is 16.0 Å². The maximum absolute atomic E-state index is 11.5. The molecule has 0 radical (unpaired) electrons. The van der Waals surface area contributed by atoms with E-state index >= 15 is 0 Å². The summed E-state index contributed by atoms with van der Waals surface area (Å²) in [7, 11) is -2.05. The van der Waals surface area contributed by atoms with Crippen LogP contribution in [-0.2, 0) is 10.0 Å². The molecule has 0 amide bonds. The van der Waals surface area contributed by atoms with Crippen molar-refractivity contribution < 1.29 is 13.5 Å². The Morgan fingerprint density at radius 3 is 2.44 bits per heavy atom. The quantitative estimate of drug-likeness (QED) is 0.671. The van der Waals surface area contributed by atoms with E-state index in [0.717, 1.165) is 0 Å². The molecule has 1 aromatic rings. The molecule has 1 rings (SSSR count). The van der Waals surface area contributed by atoms with Crippen LogP contribution >= 0.6 is 0 Å². The van der Waals surface area contributed by atoms with E-state index in [2.05, 4.69) is 0 Å². The fourth-order valence-corrected chi connectivity index (χ4v) is 2.55. The Morgan fingerprint density at radius 2 is 2.00 bits per heavy atom. The van der Waals surface area contributed by atoms with Crippen molar-refractivity contribution in [2.45, 2.75) is 24.8 Å². The Labute approximate surface area is 107 Å². The lowest BCUT2D eigenvalue weighted by Crippen LogP contribution is -2.32. The third kappa shape index (κ3) is 2.92. The van der Waals surface area contributed by atoms with E-state index in [1.807, 2.05) is 6.92 Å². The number of nitrogens with two attached hydrogens (primary N) is 2. The number of sulfonamides is 1. The molecular formula is C11H19N3O3S. The Kier molecular flexibility index (Phi) is 4.20. The molecule has 0 aliphatic carbocycles. The van der Waals surface area contributed by atoms with E-state index in [9.17, 15) is 8.42 Å². The lowest BCUT2D eigenvalue weighted by molar-refractivity contribution is 0.270. The zero-order chi connectivity index (χ0) is 14.1. The first-order valence-corrected chi connectivity index (χ1v) is 6.99. The van der Waals surface area contributed by atoms with Crippen molar-refractivity contribution in [3.8, 4) is 0 Å². The van der Waals surface area contributed by atoms with E-state index < -0.39 is 10.0 Å². The number of likely N-dealkylation sites (N-methyl/N-ethyl adjacent to an activating group) is 1. The van der Waals surface area contributed by atoms with Gasteiger partial charge in [0.2, 0.25) is 10.0 Å². The van der Waals surface area contributed by atoms with E-state index in [1.165, 1.54) is 6.07 Å². The lowest BCUT2D eigenvalue weighted by atomic mass is 10.1. The topological polar surface area (TPSA) is 110 Å². The highest BCUT2D eigenvalue weighted by atomic mass is 32.2. The maximum Gasteiger partial charge on any atom is 0.238 e. The van der Waals surface area contributed by atoms with Gasteiger partial charge in [-0.2, -0.15) is 0 Å². The summed E-state index contributed by atoms with van der Waals surface area (Å²) in [5.74, 6) is 0. The van der Waals surface area contributed by atoms with E-state index in [0.29, 0.717) is 16.9 Å². The Morgan fingerprint density at radius 1 is 1.44 bits per heavy atom. The van der Waals surface area contributed by atoms with Crippen molar-refractivity contribution in [2.75, 3.05) is 24.3 Å². The number of nitrogen functional groups attached to an aromatic ring is 1. The molecule has 0 aliphatic heterocycles. The van der Waals surface area contributed by atoms with Crippen LogP contribution < -0.4 is 15.8 Å². The predicted molar refractivity (Wildman–Crippen MR) is 71.9 cm³/mol. The van der Waals surface area contributed by atoms with Crippen LogP contribution in [0.3, 0.4) is 0 Å². The Bertz CT molecular complexity index is 543. The average molecular weight is 273 g/mol. The summed E-state index contributed by atoms with van der Waals surface area (Å²) in [4.78, 5) is 1.77. The number of primary sulfonamides is 1. The molecule has 102 valence electrons. The number of aliphatic hydroxyl groups excluding tert-OH is 1. The summed E-state index contributed by atoms with van der Waals surface area (Å²) in [6, 6.07) is 2.85. The Balaban J connectivity index is 3.43. The summed E-state index contributed by atoms with van der Waals surface area (Å²) in [5.41, 5.74) is 7.17. The molecule has 6 nitrogen and oxygen atoms in total. The van der Waals surface area contributed by atoms with Gasteiger partial charge in [-0.05, 0) is 31.5 Å². The summed E-state index contributed by atoms with van der Waals surface area (Å²) in [6.45, 7) is 3.43. The summed E-state index contributed by atoms with van der Waals surface area (Å²) < 4.78 is 22.9. The Hall–Kier alpha value is -1.31. The largest absolute Gasteiger partial charge is 0.399 e. The highest BCUT2D eigenvalue weighted by molar-refractivity contribution is 7.89. The summed E-state index contributed by atoms with van der Waals surface area (Å²) >= 11 is 0. The van der Waals surface area contributed by atoms with E-state index in [1.54, 1.807) is 24.9 Å². The van der Waals surface area contributed by atoms with Gasteiger partial charge in [0.15, 0.2) is 0 Å². The molecule has 0 aromatic heterocycles. The predicted octanol–water partition coefficient (Wildman–Crippen LogP) is 0.0416. The molecule has 18 heavy (non-hydrogen) atoms. The highest BCUT2D eigenvalue weighted by Gasteiger charge is 2.19. The van der Waals surface area contributed by atoms with E-state index in [-0.39, 0.29) is 17.5 Å². The van der Waals surface area contributed by atoms with Gasteiger partial charge >= 0.3 is 0 Å². The van der Waals surface area contributed by atoms with Gasteiger partial charge in [-0.1, -0.05) is 0 Å². The van der Waals surface area contributed by atoms with Gasteiger partial charge in [0.25, 0.3) is 0 Å². The molecule has 7 heteroatoms. The molecule has 0 fully saturated rings. The van der Waals surface area contributed by atoms with Crippen LogP contribution in [0, 0.1) is 6.92 Å². The number of aliphatic hydroxyl groups is 1. The second kappa shape index (κ2) is 5.13. The second-order valence-corrected chi connectivity index (χ2v) is 5.88. The fraction of sp³-hybridized carbons (Fsp3) is 0.455. The molecule has 0 aliphatic rings. The first-order chi connectivity index (χ1) is 8.18. The molecule has 1 unspecified atom stereocenters. The van der Waals surface area contributed by atoms with Crippen molar-refractivity contribution in [3.63, 3.8) is 0 Å². The third-order valence-corrected chi connectivity index (χ3v) is 4.00. The number of hydrogen-bond acceptors (Lipinski definition) is 5. The van der Waals surface area contributed by atoms with Crippen molar-refractivity contribution in [1.29, 1.82) is 0 Å².